The summed E-state index contributed by atoms with van der Waals surface area (Å²) in [6.07, 6.45) is 1.14. The second-order valence-electron chi connectivity index (χ2n) is 5.31. The van der Waals surface area contributed by atoms with Gasteiger partial charge < -0.3 is 15.4 Å². The Balaban J connectivity index is 1.87. The molecule has 7 heteroatoms. The molecule has 1 fully saturated rings. The molecule has 2 atom stereocenters. The zero-order valence-corrected chi connectivity index (χ0v) is 11.0. The van der Waals surface area contributed by atoms with Crippen molar-refractivity contribution in [2.45, 2.75) is 13.3 Å². The minimum atomic E-state index is -0.446. The van der Waals surface area contributed by atoms with E-state index in [1.807, 2.05) is 0 Å². The first-order valence-corrected chi connectivity index (χ1v) is 6.53. The summed E-state index contributed by atoms with van der Waals surface area (Å²) in [7, 11) is 0. The fraction of sp³-hybridized carbons (Fsp3) is 0.462. The molecule has 0 saturated heterocycles. The van der Waals surface area contributed by atoms with E-state index in [0.29, 0.717) is 35.5 Å². The number of hydrogen-bond donors (Lipinski definition) is 2. The Labute approximate surface area is 115 Å². The van der Waals surface area contributed by atoms with Crippen LogP contribution in [0.2, 0.25) is 0 Å². The molecule has 2 unspecified atom stereocenters. The largest absolute Gasteiger partial charge is 0.481 e. The molecule has 0 spiro atoms. The molecule has 1 saturated carbocycles. The van der Waals surface area contributed by atoms with Crippen molar-refractivity contribution in [3.63, 3.8) is 0 Å². The zero-order chi connectivity index (χ0) is 14.3. The number of nitrogens with one attached hydrogen (secondary N) is 2. The maximum absolute atomic E-state index is 11.3. The van der Waals surface area contributed by atoms with Crippen molar-refractivity contribution in [3.8, 4) is 5.75 Å². The highest BCUT2D eigenvalue weighted by Crippen LogP contribution is 2.40. The average Bonchev–Trinajstić information content (AvgIpc) is 3.11. The lowest BCUT2D eigenvalue weighted by Gasteiger charge is -2.19. The smallest absolute Gasteiger partial charge is 0.296 e. The van der Waals surface area contributed by atoms with E-state index < -0.39 is 4.92 Å². The van der Waals surface area contributed by atoms with Gasteiger partial charge in [-0.2, -0.15) is 0 Å². The summed E-state index contributed by atoms with van der Waals surface area (Å²) in [6, 6.07) is 2.92. The number of fused-ring (bicyclic) bond motifs is 1. The Kier molecular flexibility index (Phi) is 2.96. The summed E-state index contributed by atoms with van der Waals surface area (Å²) in [5.41, 5.74) is 0.852. The number of nitro benzene ring substituents is 1. The van der Waals surface area contributed by atoms with Crippen LogP contribution in [0.5, 0.6) is 5.75 Å². The van der Waals surface area contributed by atoms with E-state index in [2.05, 4.69) is 17.6 Å². The van der Waals surface area contributed by atoms with Gasteiger partial charge in [-0.15, -0.1) is 0 Å². The molecule has 0 aromatic heterocycles. The summed E-state index contributed by atoms with van der Waals surface area (Å²) in [5.74, 6) is 1.31. The molecule has 106 valence electrons. The van der Waals surface area contributed by atoms with E-state index in [1.165, 1.54) is 6.07 Å². The van der Waals surface area contributed by atoms with Crippen molar-refractivity contribution in [3.05, 3.63) is 22.2 Å². The third kappa shape index (κ3) is 2.38. The van der Waals surface area contributed by atoms with Crippen LogP contribution in [0.15, 0.2) is 12.1 Å². The fourth-order valence-electron chi connectivity index (χ4n) is 2.33. The Hall–Kier alpha value is -2.31. The number of nitro groups is 1. The van der Waals surface area contributed by atoms with Gasteiger partial charge in [-0.25, -0.2) is 0 Å². The van der Waals surface area contributed by atoms with E-state index >= 15 is 0 Å². The summed E-state index contributed by atoms with van der Waals surface area (Å²) >= 11 is 0. The Morgan fingerprint density at radius 1 is 1.55 bits per heavy atom. The number of carbonyl (C=O) groups excluding carboxylic acids is 1. The summed E-state index contributed by atoms with van der Waals surface area (Å²) in [4.78, 5) is 22.0. The molecular formula is C13H15N3O4. The van der Waals surface area contributed by atoms with Gasteiger partial charge in [0.2, 0.25) is 0 Å². The standard InChI is InChI=1S/C13H15N3O4/c1-7-2-8(7)5-14-9-3-10-12(4-11(9)16(18)19)20-6-13(17)15-10/h3-4,7-8,14H,2,5-6H2,1H3,(H,15,17). The number of hydrogen-bond acceptors (Lipinski definition) is 5. The lowest BCUT2D eigenvalue weighted by Crippen LogP contribution is -2.25. The third-order valence-corrected chi connectivity index (χ3v) is 3.76. The molecule has 2 N–H and O–H groups in total. The van der Waals surface area contributed by atoms with Crippen LogP contribution in [0.25, 0.3) is 0 Å². The molecule has 1 heterocycles. The number of anilines is 2. The molecule has 2 aliphatic rings. The summed E-state index contributed by atoms with van der Waals surface area (Å²) in [5, 5.41) is 16.9. The lowest BCUT2D eigenvalue weighted by molar-refractivity contribution is -0.384. The summed E-state index contributed by atoms with van der Waals surface area (Å²) in [6.45, 7) is 2.74. The summed E-state index contributed by atoms with van der Waals surface area (Å²) < 4.78 is 5.19. The van der Waals surface area contributed by atoms with Crippen LogP contribution in [0.3, 0.4) is 0 Å². The van der Waals surface area contributed by atoms with Gasteiger partial charge in [0.05, 0.1) is 16.7 Å². The van der Waals surface area contributed by atoms with Gasteiger partial charge in [0, 0.05) is 6.54 Å². The van der Waals surface area contributed by atoms with Gasteiger partial charge in [-0.1, -0.05) is 6.92 Å². The number of carbonyl (C=O) groups is 1. The van der Waals surface area contributed by atoms with Crippen molar-refractivity contribution in [1.29, 1.82) is 0 Å². The molecule has 0 radical (unpaired) electrons. The van der Waals surface area contributed by atoms with Crippen molar-refractivity contribution in [2.24, 2.45) is 11.8 Å². The van der Waals surface area contributed by atoms with Crippen molar-refractivity contribution >= 4 is 23.0 Å². The SMILES string of the molecule is CC1CC1CNc1cc2c(cc1[N+](=O)[O-])OCC(=O)N2. The number of nitrogens with zero attached hydrogens (tertiary/aromatic N) is 1. The molecule has 20 heavy (non-hydrogen) atoms. The Morgan fingerprint density at radius 2 is 2.30 bits per heavy atom. The highest BCUT2D eigenvalue weighted by Gasteiger charge is 2.33. The first-order valence-electron chi connectivity index (χ1n) is 6.53. The van der Waals surface area contributed by atoms with E-state index in [9.17, 15) is 14.9 Å². The minimum Gasteiger partial charge on any atom is -0.481 e. The maximum atomic E-state index is 11.3. The Bertz CT molecular complexity index is 587. The number of benzene rings is 1. The molecule has 1 aliphatic carbocycles. The maximum Gasteiger partial charge on any atom is 0.296 e. The normalized spacial score (nSPS) is 23.4. The van der Waals surface area contributed by atoms with Crippen molar-refractivity contribution in [2.75, 3.05) is 23.8 Å². The van der Waals surface area contributed by atoms with Crippen LogP contribution in [-0.4, -0.2) is 24.0 Å². The second-order valence-corrected chi connectivity index (χ2v) is 5.31. The van der Waals surface area contributed by atoms with Gasteiger partial charge in [0.25, 0.3) is 11.6 Å². The van der Waals surface area contributed by atoms with Crippen LogP contribution in [-0.2, 0) is 4.79 Å². The molecule has 1 aliphatic heterocycles. The molecule has 1 aromatic rings. The van der Waals surface area contributed by atoms with Gasteiger partial charge in [0.1, 0.15) is 5.69 Å². The number of amides is 1. The first-order chi connectivity index (χ1) is 9.54. The third-order valence-electron chi connectivity index (χ3n) is 3.76. The monoisotopic (exact) mass is 277 g/mol. The molecule has 1 amide bonds. The molecule has 0 bridgehead atoms. The minimum absolute atomic E-state index is 0.0341. The van der Waals surface area contributed by atoms with Crippen LogP contribution >= 0.6 is 0 Å². The predicted molar refractivity (Wildman–Crippen MR) is 73.0 cm³/mol. The van der Waals surface area contributed by atoms with Gasteiger partial charge in [-0.3, -0.25) is 14.9 Å². The van der Waals surface area contributed by atoms with Crippen LogP contribution < -0.4 is 15.4 Å². The Morgan fingerprint density at radius 3 is 2.95 bits per heavy atom. The second kappa shape index (κ2) is 4.66. The average molecular weight is 277 g/mol. The van der Waals surface area contributed by atoms with E-state index in [1.54, 1.807) is 6.07 Å². The van der Waals surface area contributed by atoms with Crippen LogP contribution in [0.4, 0.5) is 17.1 Å². The first kappa shape index (κ1) is 12.7. The molecular weight excluding hydrogens is 262 g/mol. The zero-order valence-electron chi connectivity index (χ0n) is 11.0. The highest BCUT2D eigenvalue weighted by molar-refractivity contribution is 5.96. The number of ether oxygens (including phenoxy) is 1. The molecule has 7 nitrogen and oxygen atoms in total. The van der Waals surface area contributed by atoms with Crippen LogP contribution in [0, 0.1) is 22.0 Å². The lowest BCUT2D eigenvalue weighted by atomic mass is 10.2. The topological polar surface area (TPSA) is 93.5 Å². The van der Waals surface area contributed by atoms with E-state index in [-0.39, 0.29) is 18.2 Å². The van der Waals surface area contributed by atoms with Crippen LogP contribution in [0.1, 0.15) is 13.3 Å². The highest BCUT2D eigenvalue weighted by atomic mass is 16.6. The number of rotatable bonds is 4. The van der Waals surface area contributed by atoms with Crippen molar-refractivity contribution in [1.82, 2.24) is 0 Å². The fourth-order valence-corrected chi connectivity index (χ4v) is 2.33. The van der Waals surface area contributed by atoms with Gasteiger partial charge in [-0.05, 0) is 24.3 Å². The van der Waals surface area contributed by atoms with Gasteiger partial charge >= 0.3 is 0 Å². The molecule has 1 aromatic carbocycles. The predicted octanol–water partition coefficient (Wildman–Crippen LogP) is 1.99. The van der Waals surface area contributed by atoms with Crippen molar-refractivity contribution < 1.29 is 14.5 Å². The van der Waals surface area contributed by atoms with E-state index in [0.717, 1.165) is 6.42 Å². The quantitative estimate of drug-likeness (QED) is 0.648. The molecule has 3 rings (SSSR count). The van der Waals surface area contributed by atoms with Gasteiger partial charge in [0.15, 0.2) is 12.4 Å². The van der Waals surface area contributed by atoms with E-state index in [4.69, 9.17) is 4.74 Å².